The van der Waals surface area contributed by atoms with E-state index in [1.165, 1.54) is 30.4 Å². The van der Waals surface area contributed by atoms with Gasteiger partial charge in [0.1, 0.15) is 6.04 Å². The third kappa shape index (κ3) is 3.74. The minimum absolute atomic E-state index is 0.0794. The van der Waals surface area contributed by atoms with Gasteiger partial charge in [-0.05, 0) is 85.2 Å². The molecule has 6 rings (SSSR count). The van der Waals surface area contributed by atoms with E-state index >= 15 is 0 Å². The van der Waals surface area contributed by atoms with Gasteiger partial charge in [-0.25, -0.2) is 4.68 Å². The van der Waals surface area contributed by atoms with Crippen molar-refractivity contribution in [2.75, 3.05) is 4.90 Å². The van der Waals surface area contributed by atoms with Gasteiger partial charge in [0.2, 0.25) is 0 Å². The maximum Gasteiger partial charge on any atom is 0.254 e. The quantitative estimate of drug-likeness (QED) is 0.447. The Labute approximate surface area is 205 Å². The average Bonchev–Trinajstić information content (AvgIpc) is 3.46. The first kappa shape index (κ1) is 22.0. The standard InChI is InChI=1S/C28H32N6O/c1-17-13-18(2)25-21(14-17)16-23(28(35)29-25)26(33-19(3)15-20-9-7-8-12-24(20)33)27-30-31-32-34(27)22-10-5-4-6-11-22/h7-9,12-14,16,19,22,26H,4-6,10-11,15H2,1-3H3,(H,29,35)/t19-,26+/m1/s1. The lowest BCUT2D eigenvalue weighted by atomic mass is 9.94. The van der Waals surface area contributed by atoms with Crippen LogP contribution in [0.3, 0.4) is 0 Å². The first-order valence-electron chi connectivity index (χ1n) is 12.8. The van der Waals surface area contributed by atoms with Crippen LogP contribution >= 0.6 is 0 Å². The number of fused-ring (bicyclic) bond motifs is 2. The summed E-state index contributed by atoms with van der Waals surface area (Å²) in [6.45, 7) is 6.37. The van der Waals surface area contributed by atoms with Crippen molar-refractivity contribution < 1.29 is 0 Å². The molecule has 3 heterocycles. The molecular formula is C28H32N6O. The van der Waals surface area contributed by atoms with Gasteiger partial charge in [-0.15, -0.1) is 5.10 Å². The summed E-state index contributed by atoms with van der Waals surface area (Å²) in [5.74, 6) is 0.759. The predicted octanol–water partition coefficient (Wildman–Crippen LogP) is 5.18. The molecule has 1 saturated carbocycles. The van der Waals surface area contributed by atoms with E-state index in [9.17, 15) is 4.79 Å². The number of H-pyrrole nitrogens is 1. The van der Waals surface area contributed by atoms with Crippen LogP contribution < -0.4 is 10.5 Å². The molecule has 180 valence electrons. The molecule has 2 aliphatic rings. The van der Waals surface area contributed by atoms with Crippen LogP contribution in [-0.2, 0) is 6.42 Å². The minimum Gasteiger partial charge on any atom is -0.354 e. The summed E-state index contributed by atoms with van der Waals surface area (Å²) in [5.41, 5.74) is 6.21. The maximum absolute atomic E-state index is 13.7. The van der Waals surface area contributed by atoms with E-state index in [-0.39, 0.29) is 23.7 Å². The molecule has 7 nitrogen and oxygen atoms in total. The first-order valence-corrected chi connectivity index (χ1v) is 12.8. The van der Waals surface area contributed by atoms with Crippen LogP contribution in [0.25, 0.3) is 10.9 Å². The van der Waals surface area contributed by atoms with Crippen LogP contribution in [0.15, 0.2) is 47.3 Å². The maximum atomic E-state index is 13.7. The molecule has 35 heavy (non-hydrogen) atoms. The Morgan fingerprint density at radius 3 is 2.69 bits per heavy atom. The van der Waals surface area contributed by atoms with Gasteiger partial charge in [0.25, 0.3) is 5.56 Å². The molecule has 1 aliphatic carbocycles. The van der Waals surface area contributed by atoms with Crippen molar-refractivity contribution in [3.63, 3.8) is 0 Å². The lowest BCUT2D eigenvalue weighted by Crippen LogP contribution is -2.39. The number of hydrogen-bond donors (Lipinski definition) is 1. The number of nitrogens with zero attached hydrogens (tertiary/aromatic N) is 5. The predicted molar refractivity (Wildman–Crippen MR) is 138 cm³/mol. The van der Waals surface area contributed by atoms with Crippen LogP contribution in [0.2, 0.25) is 0 Å². The van der Waals surface area contributed by atoms with Crippen molar-refractivity contribution in [2.45, 2.75) is 77.4 Å². The Kier molecular flexibility index (Phi) is 5.43. The number of tetrazole rings is 1. The van der Waals surface area contributed by atoms with Crippen molar-refractivity contribution in [1.82, 2.24) is 25.2 Å². The second-order valence-electron chi connectivity index (χ2n) is 10.4. The lowest BCUT2D eigenvalue weighted by Gasteiger charge is -2.34. The second-order valence-corrected chi connectivity index (χ2v) is 10.4. The molecule has 2 atom stereocenters. The number of nitrogens with one attached hydrogen (secondary N) is 1. The van der Waals surface area contributed by atoms with E-state index in [2.05, 4.69) is 81.7 Å². The zero-order chi connectivity index (χ0) is 24.1. The third-order valence-corrected chi connectivity index (χ3v) is 7.84. The van der Waals surface area contributed by atoms with Gasteiger partial charge < -0.3 is 9.88 Å². The number of aromatic amines is 1. The van der Waals surface area contributed by atoms with Crippen molar-refractivity contribution in [3.8, 4) is 0 Å². The topological polar surface area (TPSA) is 79.7 Å². The van der Waals surface area contributed by atoms with Gasteiger partial charge in [0, 0.05) is 17.3 Å². The van der Waals surface area contributed by atoms with Crippen molar-refractivity contribution in [2.24, 2.45) is 0 Å². The first-order chi connectivity index (χ1) is 17.0. The molecular weight excluding hydrogens is 436 g/mol. The molecule has 0 radical (unpaired) electrons. The van der Waals surface area contributed by atoms with Gasteiger partial charge in [0.05, 0.1) is 11.6 Å². The van der Waals surface area contributed by atoms with E-state index in [1.54, 1.807) is 0 Å². The van der Waals surface area contributed by atoms with E-state index in [0.29, 0.717) is 5.56 Å². The monoisotopic (exact) mass is 468 g/mol. The van der Waals surface area contributed by atoms with Crippen LogP contribution in [0.4, 0.5) is 5.69 Å². The fourth-order valence-electron chi connectivity index (χ4n) is 6.27. The summed E-state index contributed by atoms with van der Waals surface area (Å²) in [6, 6.07) is 14.9. The molecule has 1 N–H and O–H groups in total. The zero-order valence-electron chi connectivity index (χ0n) is 20.7. The number of benzene rings is 2. The van der Waals surface area contributed by atoms with Crippen LogP contribution in [0.1, 0.15) is 79.2 Å². The molecule has 0 amide bonds. The smallest absolute Gasteiger partial charge is 0.254 e. The number of anilines is 1. The molecule has 0 bridgehead atoms. The van der Waals surface area contributed by atoms with E-state index in [0.717, 1.165) is 47.2 Å². The highest BCUT2D eigenvalue weighted by atomic mass is 16.1. The van der Waals surface area contributed by atoms with Gasteiger partial charge in [-0.2, -0.15) is 0 Å². The summed E-state index contributed by atoms with van der Waals surface area (Å²) in [5, 5.41) is 14.2. The van der Waals surface area contributed by atoms with E-state index < -0.39 is 0 Å². The number of para-hydroxylation sites is 1. The van der Waals surface area contributed by atoms with Gasteiger partial charge in [-0.3, -0.25) is 4.79 Å². The molecule has 2 aromatic heterocycles. The van der Waals surface area contributed by atoms with Crippen LogP contribution in [-0.4, -0.2) is 31.2 Å². The highest BCUT2D eigenvalue weighted by Crippen LogP contribution is 2.42. The van der Waals surface area contributed by atoms with E-state index in [1.807, 2.05) is 11.6 Å². The Morgan fingerprint density at radius 2 is 1.86 bits per heavy atom. The molecule has 0 spiro atoms. The number of pyridine rings is 1. The zero-order valence-corrected chi connectivity index (χ0v) is 20.7. The summed E-state index contributed by atoms with van der Waals surface area (Å²) < 4.78 is 2.02. The highest BCUT2D eigenvalue weighted by molar-refractivity contribution is 5.83. The minimum atomic E-state index is -0.375. The molecule has 2 aromatic carbocycles. The molecule has 1 fully saturated rings. The summed E-state index contributed by atoms with van der Waals surface area (Å²) in [4.78, 5) is 19.3. The second kappa shape index (κ2) is 8.63. The Hall–Kier alpha value is -3.48. The van der Waals surface area contributed by atoms with Gasteiger partial charge in [-0.1, -0.05) is 49.1 Å². The Balaban J connectivity index is 1.58. The fraction of sp³-hybridized carbons (Fsp3) is 0.429. The fourth-order valence-corrected chi connectivity index (χ4v) is 6.27. The lowest BCUT2D eigenvalue weighted by molar-refractivity contribution is 0.312. The summed E-state index contributed by atoms with van der Waals surface area (Å²) >= 11 is 0. The highest BCUT2D eigenvalue weighted by Gasteiger charge is 2.38. The molecule has 1 aliphatic heterocycles. The molecule has 0 saturated heterocycles. The summed E-state index contributed by atoms with van der Waals surface area (Å²) in [7, 11) is 0. The van der Waals surface area contributed by atoms with E-state index in [4.69, 9.17) is 0 Å². The van der Waals surface area contributed by atoms with Gasteiger partial charge in [0.15, 0.2) is 5.82 Å². The van der Waals surface area contributed by atoms with Crippen LogP contribution in [0, 0.1) is 13.8 Å². The van der Waals surface area contributed by atoms with Crippen LogP contribution in [0.5, 0.6) is 0 Å². The molecule has 4 aromatic rings. The molecule has 0 unspecified atom stereocenters. The number of rotatable bonds is 4. The Bertz CT molecular complexity index is 1450. The normalized spacial score (nSPS) is 19.3. The van der Waals surface area contributed by atoms with Crippen molar-refractivity contribution >= 4 is 16.6 Å². The SMILES string of the molecule is Cc1cc(C)c2[nH]c(=O)c([C@@H](c3nnnn3C3CCCCC3)N3c4ccccc4C[C@H]3C)cc2c1. The van der Waals surface area contributed by atoms with Crippen molar-refractivity contribution in [3.05, 3.63) is 80.9 Å². The largest absolute Gasteiger partial charge is 0.354 e. The van der Waals surface area contributed by atoms with Gasteiger partial charge >= 0.3 is 0 Å². The third-order valence-electron chi connectivity index (χ3n) is 7.84. The molecule has 7 heteroatoms. The number of aryl methyl sites for hydroxylation is 2. The average molecular weight is 469 g/mol. The number of aromatic nitrogens is 5. The van der Waals surface area contributed by atoms with Crippen molar-refractivity contribution in [1.29, 1.82) is 0 Å². The Morgan fingerprint density at radius 1 is 1.06 bits per heavy atom. The number of hydrogen-bond acceptors (Lipinski definition) is 5. The summed E-state index contributed by atoms with van der Waals surface area (Å²) in [6.07, 6.45) is 6.71.